The normalized spacial score (nSPS) is 10.7. The van der Waals surface area contributed by atoms with E-state index < -0.39 is 12.6 Å². The van der Waals surface area contributed by atoms with Crippen molar-refractivity contribution in [3.8, 4) is 17.1 Å². The standard InChI is InChI=1S/C24H17Br2N3O3/c1-15-4-2-3-5-20(15)29-23(17-8-12-19(26)13-9-17)27-22(28-29)24(31)32-14-21(30)16-6-10-18(25)11-7-16/h2-13H,14H2,1H3. The highest BCUT2D eigenvalue weighted by molar-refractivity contribution is 9.10. The third-order valence-corrected chi connectivity index (χ3v) is 5.79. The van der Waals surface area contributed by atoms with Gasteiger partial charge in [-0.25, -0.2) is 14.5 Å². The molecule has 8 heteroatoms. The Bertz CT molecular complexity index is 1280. The van der Waals surface area contributed by atoms with Gasteiger partial charge < -0.3 is 4.74 Å². The molecule has 0 amide bonds. The highest BCUT2D eigenvalue weighted by Gasteiger charge is 2.21. The lowest BCUT2D eigenvalue weighted by atomic mass is 10.1. The largest absolute Gasteiger partial charge is 0.451 e. The first-order valence-electron chi connectivity index (χ1n) is 9.67. The molecule has 0 bridgehead atoms. The fourth-order valence-electron chi connectivity index (χ4n) is 3.07. The summed E-state index contributed by atoms with van der Waals surface area (Å²) < 4.78 is 8.62. The fourth-order valence-corrected chi connectivity index (χ4v) is 3.60. The third-order valence-electron chi connectivity index (χ3n) is 4.74. The lowest BCUT2D eigenvalue weighted by Crippen LogP contribution is -2.15. The molecule has 0 N–H and O–H groups in total. The predicted molar refractivity (Wildman–Crippen MR) is 128 cm³/mol. The van der Waals surface area contributed by atoms with Crippen molar-refractivity contribution in [3.63, 3.8) is 0 Å². The molecule has 0 fully saturated rings. The smallest absolute Gasteiger partial charge is 0.378 e. The lowest BCUT2D eigenvalue weighted by Gasteiger charge is -2.08. The summed E-state index contributed by atoms with van der Waals surface area (Å²) in [5, 5.41) is 4.40. The highest BCUT2D eigenvalue weighted by Crippen LogP contribution is 2.25. The van der Waals surface area contributed by atoms with Crippen molar-refractivity contribution in [2.75, 3.05) is 6.61 Å². The second-order valence-corrected chi connectivity index (χ2v) is 8.80. The van der Waals surface area contributed by atoms with Crippen LogP contribution >= 0.6 is 31.9 Å². The molecule has 0 atom stereocenters. The van der Waals surface area contributed by atoms with Gasteiger partial charge >= 0.3 is 5.97 Å². The number of halogens is 2. The predicted octanol–water partition coefficient (Wildman–Crippen LogP) is 5.81. The minimum absolute atomic E-state index is 0.116. The second kappa shape index (κ2) is 9.58. The van der Waals surface area contributed by atoms with E-state index in [1.807, 2.05) is 55.5 Å². The number of carbonyl (C=O) groups is 2. The van der Waals surface area contributed by atoms with Crippen molar-refractivity contribution in [2.45, 2.75) is 6.92 Å². The first-order valence-corrected chi connectivity index (χ1v) is 11.3. The van der Waals surface area contributed by atoms with E-state index in [-0.39, 0.29) is 11.6 Å². The van der Waals surface area contributed by atoms with Crippen molar-refractivity contribution >= 4 is 43.6 Å². The zero-order chi connectivity index (χ0) is 22.7. The molecule has 0 radical (unpaired) electrons. The number of aromatic nitrogens is 3. The average molecular weight is 555 g/mol. The Kier molecular flexibility index (Phi) is 6.62. The first kappa shape index (κ1) is 22.1. The molecule has 0 saturated carbocycles. The summed E-state index contributed by atoms with van der Waals surface area (Å²) in [5.74, 6) is -0.689. The Morgan fingerprint density at radius 1 is 0.906 bits per heavy atom. The van der Waals surface area contributed by atoms with Crippen LogP contribution in [0, 0.1) is 6.92 Å². The molecule has 0 aliphatic heterocycles. The molecule has 0 spiro atoms. The topological polar surface area (TPSA) is 74.1 Å². The molecule has 0 unspecified atom stereocenters. The van der Waals surface area contributed by atoms with Crippen molar-refractivity contribution in [2.24, 2.45) is 0 Å². The molecule has 6 nitrogen and oxygen atoms in total. The maximum absolute atomic E-state index is 12.7. The third kappa shape index (κ3) is 4.87. The van der Waals surface area contributed by atoms with Crippen LogP contribution in [0.1, 0.15) is 26.5 Å². The summed E-state index contributed by atoms with van der Waals surface area (Å²) in [7, 11) is 0. The number of benzene rings is 3. The van der Waals surface area contributed by atoms with Gasteiger partial charge in [0.15, 0.2) is 18.2 Å². The summed E-state index contributed by atoms with van der Waals surface area (Å²) in [4.78, 5) is 29.4. The number of hydrogen-bond donors (Lipinski definition) is 0. The van der Waals surface area contributed by atoms with Gasteiger partial charge in [0.05, 0.1) is 5.69 Å². The average Bonchev–Trinajstić information content (AvgIpc) is 3.24. The van der Waals surface area contributed by atoms with Crippen LogP contribution in [0.15, 0.2) is 81.7 Å². The number of rotatable bonds is 6. The summed E-state index contributed by atoms with van der Waals surface area (Å²) >= 11 is 6.75. The Hall–Kier alpha value is -3.10. The van der Waals surface area contributed by atoms with Crippen LogP contribution < -0.4 is 0 Å². The van der Waals surface area contributed by atoms with Gasteiger partial charge in [-0.2, -0.15) is 0 Å². The molecule has 32 heavy (non-hydrogen) atoms. The van der Waals surface area contributed by atoms with E-state index in [2.05, 4.69) is 41.9 Å². The van der Waals surface area contributed by atoms with Crippen LogP contribution in [0.5, 0.6) is 0 Å². The molecule has 4 aromatic rings. The summed E-state index contributed by atoms with van der Waals surface area (Å²) in [5.41, 5.74) is 3.01. The SMILES string of the molecule is Cc1ccccc1-n1nc(C(=O)OCC(=O)c2ccc(Br)cc2)nc1-c1ccc(Br)cc1. The minimum atomic E-state index is -0.763. The maximum Gasteiger partial charge on any atom is 0.378 e. The number of nitrogens with zero attached hydrogens (tertiary/aromatic N) is 3. The zero-order valence-electron chi connectivity index (χ0n) is 17.0. The fraction of sp³-hybridized carbons (Fsp3) is 0.0833. The molecule has 1 heterocycles. The number of ketones is 1. The van der Waals surface area contributed by atoms with Gasteiger partial charge in [-0.05, 0) is 42.8 Å². The van der Waals surface area contributed by atoms with E-state index in [9.17, 15) is 9.59 Å². The maximum atomic E-state index is 12.7. The summed E-state index contributed by atoms with van der Waals surface area (Å²) in [6, 6.07) is 22.1. The quantitative estimate of drug-likeness (QED) is 0.222. The Morgan fingerprint density at radius 3 is 2.19 bits per heavy atom. The molecule has 4 rings (SSSR count). The van der Waals surface area contributed by atoms with Crippen LogP contribution in [0.4, 0.5) is 0 Å². The number of para-hydroxylation sites is 1. The van der Waals surface area contributed by atoms with Crippen LogP contribution in [-0.4, -0.2) is 33.1 Å². The lowest BCUT2D eigenvalue weighted by molar-refractivity contribution is 0.0462. The number of hydrogen-bond acceptors (Lipinski definition) is 5. The van der Waals surface area contributed by atoms with Crippen LogP contribution in [0.3, 0.4) is 0 Å². The molecule has 160 valence electrons. The molecule has 0 aliphatic carbocycles. The van der Waals surface area contributed by atoms with Crippen molar-refractivity contribution in [1.82, 2.24) is 14.8 Å². The highest BCUT2D eigenvalue weighted by atomic mass is 79.9. The monoisotopic (exact) mass is 553 g/mol. The number of esters is 1. The number of carbonyl (C=O) groups excluding carboxylic acids is 2. The minimum Gasteiger partial charge on any atom is -0.451 e. The molecule has 0 aliphatic rings. The van der Waals surface area contributed by atoms with Crippen molar-refractivity contribution < 1.29 is 14.3 Å². The van der Waals surface area contributed by atoms with Gasteiger partial charge in [0.1, 0.15) is 0 Å². The molecular formula is C24H17Br2N3O3. The van der Waals surface area contributed by atoms with E-state index >= 15 is 0 Å². The molecular weight excluding hydrogens is 538 g/mol. The van der Waals surface area contributed by atoms with E-state index in [4.69, 9.17) is 4.74 Å². The summed E-state index contributed by atoms with van der Waals surface area (Å²) in [6.07, 6.45) is 0. The van der Waals surface area contributed by atoms with E-state index in [0.717, 1.165) is 25.8 Å². The molecule has 1 aromatic heterocycles. The number of ether oxygens (including phenoxy) is 1. The van der Waals surface area contributed by atoms with E-state index in [0.29, 0.717) is 11.4 Å². The van der Waals surface area contributed by atoms with Gasteiger partial charge in [0.2, 0.25) is 0 Å². The van der Waals surface area contributed by atoms with Crippen LogP contribution in [0.25, 0.3) is 17.1 Å². The van der Waals surface area contributed by atoms with Crippen molar-refractivity contribution in [3.05, 3.63) is 98.7 Å². The van der Waals surface area contributed by atoms with Gasteiger partial charge in [0, 0.05) is 20.1 Å². The van der Waals surface area contributed by atoms with E-state index in [1.165, 1.54) is 0 Å². The van der Waals surface area contributed by atoms with Crippen LogP contribution in [0.2, 0.25) is 0 Å². The van der Waals surface area contributed by atoms with Crippen LogP contribution in [-0.2, 0) is 4.74 Å². The van der Waals surface area contributed by atoms with Gasteiger partial charge in [0.25, 0.3) is 5.82 Å². The van der Waals surface area contributed by atoms with Gasteiger partial charge in [-0.15, -0.1) is 5.10 Å². The van der Waals surface area contributed by atoms with Gasteiger partial charge in [-0.1, -0.05) is 74.3 Å². The van der Waals surface area contributed by atoms with Crippen molar-refractivity contribution in [1.29, 1.82) is 0 Å². The zero-order valence-corrected chi connectivity index (χ0v) is 20.1. The van der Waals surface area contributed by atoms with E-state index in [1.54, 1.807) is 28.9 Å². The summed E-state index contributed by atoms with van der Waals surface area (Å²) in [6.45, 7) is 1.56. The Labute approximate surface area is 201 Å². The Morgan fingerprint density at radius 2 is 1.53 bits per heavy atom. The number of Topliss-reactive ketones (excluding diaryl/α,β-unsaturated/α-hetero) is 1. The second-order valence-electron chi connectivity index (χ2n) is 6.97. The number of aryl methyl sites for hydroxylation is 1. The van der Waals surface area contributed by atoms with Gasteiger partial charge in [-0.3, -0.25) is 4.79 Å². The molecule has 3 aromatic carbocycles. The Balaban J connectivity index is 1.62. The molecule has 0 saturated heterocycles. The first-order chi connectivity index (χ1) is 15.4.